The molecule has 0 saturated carbocycles. The third kappa shape index (κ3) is 4.85. The van der Waals surface area contributed by atoms with E-state index < -0.39 is 0 Å². The van der Waals surface area contributed by atoms with E-state index in [4.69, 9.17) is 0 Å². The first-order valence-corrected chi connectivity index (χ1v) is 8.16. The maximum Gasteiger partial charge on any atom is 0.227 e. The van der Waals surface area contributed by atoms with Crippen LogP contribution in [0.4, 0.5) is 5.13 Å². The van der Waals surface area contributed by atoms with Gasteiger partial charge in [-0.2, -0.15) is 0 Å². The smallest absolute Gasteiger partial charge is 0.227 e. The summed E-state index contributed by atoms with van der Waals surface area (Å²) in [6.07, 6.45) is 3.09. The fourth-order valence-corrected chi connectivity index (χ4v) is 3.23. The van der Waals surface area contributed by atoms with Crippen molar-refractivity contribution in [1.29, 1.82) is 0 Å². The lowest BCUT2D eigenvalue weighted by atomic mass is 10.0. The number of carbonyl (C=O) groups is 1. The molecule has 2 rings (SSSR count). The van der Waals surface area contributed by atoms with Gasteiger partial charge >= 0.3 is 0 Å². The standard InChI is InChI=1S/C14H24N4OS/c1-11-4-3-7-18(8-11)9-12-10-20-14(16-12)17-13(19)5-6-15-2/h10-11,15H,3-9H2,1-2H3,(H,16,17,19). The van der Waals surface area contributed by atoms with Gasteiger partial charge < -0.3 is 10.6 Å². The van der Waals surface area contributed by atoms with Crippen LogP contribution < -0.4 is 10.6 Å². The molecule has 1 saturated heterocycles. The van der Waals surface area contributed by atoms with Crippen LogP contribution in [-0.4, -0.2) is 42.5 Å². The monoisotopic (exact) mass is 296 g/mol. The number of anilines is 1. The Bertz CT molecular complexity index is 435. The Morgan fingerprint density at radius 3 is 3.20 bits per heavy atom. The zero-order chi connectivity index (χ0) is 14.4. The molecule has 1 aliphatic heterocycles. The number of aromatic nitrogens is 1. The highest BCUT2D eigenvalue weighted by Gasteiger charge is 2.17. The molecular weight excluding hydrogens is 272 g/mol. The van der Waals surface area contributed by atoms with Crippen molar-refractivity contribution in [3.63, 3.8) is 0 Å². The Labute approximate surface area is 124 Å². The van der Waals surface area contributed by atoms with Crippen LogP contribution in [-0.2, 0) is 11.3 Å². The summed E-state index contributed by atoms with van der Waals surface area (Å²) < 4.78 is 0. The van der Waals surface area contributed by atoms with Crippen LogP contribution in [0, 0.1) is 5.92 Å². The summed E-state index contributed by atoms with van der Waals surface area (Å²) in [5.74, 6) is 0.801. The molecule has 20 heavy (non-hydrogen) atoms. The number of likely N-dealkylation sites (tertiary alicyclic amines) is 1. The molecule has 2 N–H and O–H groups in total. The number of hydrogen-bond acceptors (Lipinski definition) is 5. The van der Waals surface area contributed by atoms with Gasteiger partial charge in [-0.05, 0) is 32.4 Å². The van der Waals surface area contributed by atoms with Gasteiger partial charge in [0.25, 0.3) is 0 Å². The van der Waals surface area contributed by atoms with Gasteiger partial charge in [-0.15, -0.1) is 11.3 Å². The first kappa shape index (κ1) is 15.4. The molecule has 0 radical (unpaired) electrons. The second-order valence-corrected chi connectivity index (χ2v) is 6.39. The third-order valence-electron chi connectivity index (χ3n) is 3.53. The van der Waals surface area contributed by atoms with Gasteiger partial charge in [0.05, 0.1) is 5.69 Å². The normalized spacial score (nSPS) is 20.0. The largest absolute Gasteiger partial charge is 0.319 e. The van der Waals surface area contributed by atoms with Crippen LogP contribution in [0.3, 0.4) is 0 Å². The van der Waals surface area contributed by atoms with E-state index in [9.17, 15) is 4.79 Å². The molecule has 0 bridgehead atoms. The molecule has 2 heterocycles. The first-order valence-electron chi connectivity index (χ1n) is 7.28. The van der Waals surface area contributed by atoms with Crippen molar-refractivity contribution in [2.75, 3.05) is 32.0 Å². The molecule has 1 aromatic heterocycles. The molecular formula is C14H24N4OS. The third-order valence-corrected chi connectivity index (χ3v) is 4.33. The van der Waals surface area contributed by atoms with Crippen molar-refractivity contribution in [3.05, 3.63) is 11.1 Å². The van der Waals surface area contributed by atoms with Gasteiger partial charge in [0.2, 0.25) is 5.91 Å². The maximum atomic E-state index is 11.6. The van der Waals surface area contributed by atoms with Crippen molar-refractivity contribution in [3.8, 4) is 0 Å². The minimum Gasteiger partial charge on any atom is -0.319 e. The highest BCUT2D eigenvalue weighted by atomic mass is 32.1. The van der Waals surface area contributed by atoms with Crippen LogP contribution in [0.2, 0.25) is 0 Å². The van der Waals surface area contributed by atoms with Crippen LogP contribution in [0.15, 0.2) is 5.38 Å². The number of nitrogens with one attached hydrogen (secondary N) is 2. The Balaban J connectivity index is 1.81. The molecule has 1 fully saturated rings. The minimum absolute atomic E-state index is 0.0202. The summed E-state index contributed by atoms with van der Waals surface area (Å²) in [7, 11) is 1.84. The summed E-state index contributed by atoms with van der Waals surface area (Å²) in [5, 5.41) is 8.58. The summed E-state index contributed by atoms with van der Waals surface area (Å²) >= 11 is 1.51. The summed E-state index contributed by atoms with van der Waals surface area (Å²) in [5.41, 5.74) is 1.06. The Morgan fingerprint density at radius 2 is 2.45 bits per heavy atom. The van der Waals surface area contributed by atoms with Crippen molar-refractivity contribution in [2.24, 2.45) is 5.92 Å². The van der Waals surface area contributed by atoms with E-state index in [0.717, 1.165) is 31.2 Å². The van der Waals surface area contributed by atoms with Gasteiger partial charge in [0.1, 0.15) is 0 Å². The summed E-state index contributed by atoms with van der Waals surface area (Å²) in [4.78, 5) is 18.6. The van der Waals surface area contributed by atoms with Crippen molar-refractivity contribution >= 4 is 22.4 Å². The Morgan fingerprint density at radius 1 is 1.60 bits per heavy atom. The number of hydrogen-bond donors (Lipinski definition) is 2. The number of carbonyl (C=O) groups excluding carboxylic acids is 1. The highest BCUT2D eigenvalue weighted by molar-refractivity contribution is 7.13. The fraction of sp³-hybridized carbons (Fsp3) is 0.714. The molecule has 1 aliphatic rings. The number of nitrogens with zero attached hydrogens (tertiary/aromatic N) is 2. The van der Waals surface area contributed by atoms with Crippen LogP contribution in [0.5, 0.6) is 0 Å². The van der Waals surface area contributed by atoms with Crippen molar-refractivity contribution in [1.82, 2.24) is 15.2 Å². The van der Waals surface area contributed by atoms with Crippen molar-refractivity contribution in [2.45, 2.75) is 32.7 Å². The van der Waals surface area contributed by atoms with E-state index in [-0.39, 0.29) is 5.91 Å². The molecule has 1 aromatic rings. The summed E-state index contributed by atoms with van der Waals surface area (Å²) in [6, 6.07) is 0. The first-order chi connectivity index (χ1) is 9.67. The molecule has 1 amide bonds. The molecule has 0 spiro atoms. The van der Waals surface area contributed by atoms with E-state index in [1.807, 2.05) is 12.4 Å². The topological polar surface area (TPSA) is 57.3 Å². The van der Waals surface area contributed by atoms with Gasteiger partial charge in [-0.25, -0.2) is 4.98 Å². The number of amides is 1. The Kier molecular flexibility index (Phi) is 5.94. The van der Waals surface area contributed by atoms with E-state index in [1.165, 1.54) is 24.2 Å². The van der Waals surface area contributed by atoms with Crippen LogP contribution >= 0.6 is 11.3 Å². The van der Waals surface area contributed by atoms with E-state index in [2.05, 4.69) is 27.4 Å². The highest BCUT2D eigenvalue weighted by Crippen LogP contribution is 2.20. The maximum absolute atomic E-state index is 11.6. The zero-order valence-corrected chi connectivity index (χ0v) is 13.1. The number of rotatable bonds is 6. The molecule has 6 heteroatoms. The Hall–Kier alpha value is -0.980. The lowest BCUT2D eigenvalue weighted by molar-refractivity contribution is -0.116. The van der Waals surface area contributed by atoms with E-state index in [1.54, 1.807) is 0 Å². The molecule has 0 aliphatic carbocycles. The molecule has 1 atom stereocenters. The van der Waals surface area contributed by atoms with Crippen LogP contribution in [0.25, 0.3) is 0 Å². The average molecular weight is 296 g/mol. The number of thiazole rings is 1. The minimum atomic E-state index is 0.0202. The zero-order valence-electron chi connectivity index (χ0n) is 12.3. The van der Waals surface area contributed by atoms with E-state index >= 15 is 0 Å². The molecule has 112 valence electrons. The second kappa shape index (κ2) is 7.71. The summed E-state index contributed by atoms with van der Waals surface area (Å²) in [6.45, 7) is 6.21. The average Bonchev–Trinajstić information content (AvgIpc) is 2.83. The number of piperidine rings is 1. The van der Waals surface area contributed by atoms with Gasteiger partial charge in [0, 0.05) is 31.4 Å². The van der Waals surface area contributed by atoms with Crippen LogP contribution in [0.1, 0.15) is 31.9 Å². The lowest BCUT2D eigenvalue weighted by Crippen LogP contribution is -2.33. The fourth-order valence-electron chi connectivity index (χ4n) is 2.52. The van der Waals surface area contributed by atoms with Gasteiger partial charge in [0.15, 0.2) is 5.13 Å². The van der Waals surface area contributed by atoms with Crippen molar-refractivity contribution < 1.29 is 4.79 Å². The van der Waals surface area contributed by atoms with Gasteiger partial charge in [-0.1, -0.05) is 6.92 Å². The molecule has 5 nitrogen and oxygen atoms in total. The molecule has 0 aromatic carbocycles. The predicted octanol–water partition coefficient (Wildman–Crippen LogP) is 1.92. The SMILES string of the molecule is CNCCC(=O)Nc1nc(CN2CCCC(C)C2)cs1. The van der Waals surface area contributed by atoms with Gasteiger partial charge in [-0.3, -0.25) is 9.69 Å². The lowest BCUT2D eigenvalue weighted by Gasteiger charge is -2.30. The van der Waals surface area contributed by atoms with E-state index in [0.29, 0.717) is 18.1 Å². The second-order valence-electron chi connectivity index (χ2n) is 5.53. The predicted molar refractivity (Wildman–Crippen MR) is 83.0 cm³/mol. The quantitative estimate of drug-likeness (QED) is 0.842. The molecule has 1 unspecified atom stereocenters.